The fourth-order valence-corrected chi connectivity index (χ4v) is 0.779. The third kappa shape index (κ3) is 7.50. The third-order valence-electron chi connectivity index (χ3n) is 1.41. The largest absolute Gasteiger partial charge is 0.379 e. The summed E-state index contributed by atoms with van der Waals surface area (Å²) in [6.45, 7) is 4.70. The molecule has 4 nitrogen and oxygen atoms in total. The van der Waals surface area contributed by atoms with Gasteiger partial charge >= 0.3 is 0 Å². The molecule has 0 rings (SSSR count). The van der Waals surface area contributed by atoms with Crippen LogP contribution in [0.4, 0.5) is 0 Å². The van der Waals surface area contributed by atoms with Crippen molar-refractivity contribution in [1.29, 1.82) is 0 Å². The van der Waals surface area contributed by atoms with Crippen LogP contribution in [0.15, 0.2) is 0 Å². The first kappa shape index (κ1) is 11.4. The molecule has 0 saturated heterocycles. The fourth-order valence-electron chi connectivity index (χ4n) is 0.779. The number of ether oxygens (including phenoxy) is 1. The molecule has 0 atom stereocenters. The molecule has 12 heavy (non-hydrogen) atoms. The van der Waals surface area contributed by atoms with E-state index < -0.39 is 0 Å². The molecule has 0 heterocycles. The van der Waals surface area contributed by atoms with E-state index in [4.69, 9.17) is 10.6 Å². The van der Waals surface area contributed by atoms with Crippen LogP contribution < -0.4 is 11.3 Å². The summed E-state index contributed by atoms with van der Waals surface area (Å²) in [6, 6.07) is 0. The van der Waals surface area contributed by atoms with Gasteiger partial charge in [0, 0.05) is 13.0 Å². The second-order valence-corrected chi connectivity index (χ2v) is 2.94. The van der Waals surface area contributed by atoms with Gasteiger partial charge in [-0.3, -0.25) is 10.2 Å². The van der Waals surface area contributed by atoms with Gasteiger partial charge in [-0.2, -0.15) is 0 Å². The highest BCUT2D eigenvalue weighted by Gasteiger charge is 1.98. The quantitative estimate of drug-likeness (QED) is 0.268. The lowest BCUT2D eigenvalue weighted by Gasteiger charge is -2.06. The van der Waals surface area contributed by atoms with Crippen LogP contribution in [0.2, 0.25) is 0 Å². The third-order valence-corrected chi connectivity index (χ3v) is 1.41. The zero-order valence-corrected chi connectivity index (χ0v) is 7.80. The first-order chi connectivity index (χ1) is 5.66. The summed E-state index contributed by atoms with van der Waals surface area (Å²) in [5.41, 5.74) is 2.08. The summed E-state index contributed by atoms with van der Waals surface area (Å²) in [5.74, 6) is 4.79. The number of unbranched alkanes of at least 4 members (excludes halogenated alkanes) is 1. The summed E-state index contributed by atoms with van der Waals surface area (Å²) in [5, 5.41) is 0. The Bertz CT molecular complexity index is 126. The maximum Gasteiger partial charge on any atom is 0.233 e. The lowest BCUT2D eigenvalue weighted by atomic mass is 10.2. The molecule has 0 saturated carbocycles. The molecule has 3 N–H and O–H groups in total. The lowest BCUT2D eigenvalue weighted by molar-refractivity contribution is -0.121. The molecule has 72 valence electrons. The van der Waals surface area contributed by atoms with Crippen LogP contribution in [-0.4, -0.2) is 18.6 Å². The van der Waals surface area contributed by atoms with Crippen LogP contribution in [0, 0.1) is 0 Å². The number of carbonyl (C=O) groups is 1. The minimum absolute atomic E-state index is 0.112. The Morgan fingerprint density at radius 1 is 1.50 bits per heavy atom. The van der Waals surface area contributed by atoms with Gasteiger partial charge in [0.05, 0.1) is 6.10 Å². The minimum atomic E-state index is -0.112. The van der Waals surface area contributed by atoms with E-state index in [1.54, 1.807) is 0 Å². The Balaban J connectivity index is 3.05. The topological polar surface area (TPSA) is 64.3 Å². The predicted molar refractivity (Wildman–Crippen MR) is 47.3 cm³/mol. The number of carbonyl (C=O) groups excluding carboxylic acids is 1. The normalized spacial score (nSPS) is 10.3. The number of hydrogen-bond donors (Lipinski definition) is 2. The van der Waals surface area contributed by atoms with Gasteiger partial charge in [0.2, 0.25) is 5.91 Å². The molecule has 0 unspecified atom stereocenters. The second-order valence-electron chi connectivity index (χ2n) is 2.94. The van der Waals surface area contributed by atoms with Crippen molar-refractivity contribution >= 4 is 5.91 Å². The Morgan fingerprint density at radius 2 is 2.17 bits per heavy atom. The molecule has 0 fully saturated rings. The smallest absolute Gasteiger partial charge is 0.233 e. The van der Waals surface area contributed by atoms with Crippen molar-refractivity contribution in [2.45, 2.75) is 39.2 Å². The Morgan fingerprint density at radius 3 is 2.67 bits per heavy atom. The van der Waals surface area contributed by atoms with Gasteiger partial charge in [0.25, 0.3) is 0 Å². The van der Waals surface area contributed by atoms with Crippen molar-refractivity contribution in [3.05, 3.63) is 0 Å². The van der Waals surface area contributed by atoms with Crippen LogP contribution in [-0.2, 0) is 9.53 Å². The highest BCUT2D eigenvalue weighted by Crippen LogP contribution is 1.97. The zero-order valence-electron chi connectivity index (χ0n) is 7.80. The molecule has 1 amide bonds. The number of nitrogens with two attached hydrogens (primary N) is 1. The summed E-state index contributed by atoms with van der Waals surface area (Å²) in [7, 11) is 0. The summed E-state index contributed by atoms with van der Waals surface area (Å²) < 4.78 is 5.29. The average molecular weight is 174 g/mol. The van der Waals surface area contributed by atoms with E-state index in [1.165, 1.54) is 0 Å². The molecule has 0 aromatic rings. The zero-order chi connectivity index (χ0) is 9.40. The second kappa shape index (κ2) is 7.06. The van der Waals surface area contributed by atoms with Gasteiger partial charge in [0.15, 0.2) is 0 Å². The predicted octanol–water partition coefficient (Wildman–Crippen LogP) is 0.572. The van der Waals surface area contributed by atoms with Crippen LogP contribution >= 0.6 is 0 Å². The van der Waals surface area contributed by atoms with Crippen molar-refractivity contribution in [2.75, 3.05) is 6.61 Å². The van der Waals surface area contributed by atoms with Crippen LogP contribution in [0.5, 0.6) is 0 Å². The molecule has 0 aromatic heterocycles. The number of hydrogen-bond acceptors (Lipinski definition) is 3. The van der Waals surface area contributed by atoms with Crippen molar-refractivity contribution in [3.63, 3.8) is 0 Å². The Hall–Kier alpha value is -0.610. The molecule has 0 aliphatic heterocycles. The van der Waals surface area contributed by atoms with Gasteiger partial charge in [0.1, 0.15) is 0 Å². The Kier molecular flexibility index (Phi) is 6.70. The molecule has 0 bridgehead atoms. The summed E-state index contributed by atoms with van der Waals surface area (Å²) in [4.78, 5) is 10.6. The van der Waals surface area contributed by atoms with Crippen molar-refractivity contribution in [1.82, 2.24) is 5.43 Å². The maximum absolute atomic E-state index is 10.6. The van der Waals surface area contributed by atoms with E-state index in [-0.39, 0.29) is 12.0 Å². The first-order valence-electron chi connectivity index (χ1n) is 4.28. The fraction of sp³-hybridized carbons (Fsp3) is 0.875. The highest BCUT2D eigenvalue weighted by atomic mass is 16.5. The average Bonchev–Trinajstić information content (AvgIpc) is 2.03. The van der Waals surface area contributed by atoms with Crippen molar-refractivity contribution in [3.8, 4) is 0 Å². The number of nitrogens with one attached hydrogen (secondary N) is 1. The number of amides is 1. The van der Waals surface area contributed by atoms with Gasteiger partial charge < -0.3 is 4.74 Å². The standard InChI is InChI=1S/C8H18N2O2/c1-7(2)12-6-4-3-5-8(11)10-9/h7H,3-6,9H2,1-2H3,(H,10,11). The molecule has 4 heteroatoms. The summed E-state index contributed by atoms with van der Waals surface area (Å²) >= 11 is 0. The van der Waals surface area contributed by atoms with Crippen molar-refractivity contribution < 1.29 is 9.53 Å². The lowest BCUT2D eigenvalue weighted by Crippen LogP contribution is -2.29. The molecule has 0 aliphatic rings. The first-order valence-corrected chi connectivity index (χ1v) is 4.28. The van der Waals surface area contributed by atoms with Crippen molar-refractivity contribution in [2.24, 2.45) is 5.84 Å². The maximum atomic E-state index is 10.6. The van der Waals surface area contributed by atoms with E-state index in [0.717, 1.165) is 19.4 Å². The summed E-state index contributed by atoms with van der Waals surface area (Å²) in [6.07, 6.45) is 2.49. The molecular formula is C8H18N2O2. The molecular weight excluding hydrogens is 156 g/mol. The monoisotopic (exact) mass is 174 g/mol. The SMILES string of the molecule is CC(C)OCCCCC(=O)NN. The van der Waals surface area contributed by atoms with E-state index in [2.05, 4.69) is 5.43 Å². The van der Waals surface area contributed by atoms with E-state index in [0.29, 0.717) is 6.42 Å². The van der Waals surface area contributed by atoms with Crippen LogP contribution in [0.1, 0.15) is 33.1 Å². The van der Waals surface area contributed by atoms with Crippen LogP contribution in [0.25, 0.3) is 0 Å². The van der Waals surface area contributed by atoms with Gasteiger partial charge in [-0.25, -0.2) is 5.84 Å². The highest BCUT2D eigenvalue weighted by molar-refractivity contribution is 5.74. The number of rotatable bonds is 6. The molecule has 0 aromatic carbocycles. The molecule has 0 aliphatic carbocycles. The minimum Gasteiger partial charge on any atom is -0.379 e. The van der Waals surface area contributed by atoms with Gasteiger partial charge in [-0.05, 0) is 26.7 Å². The van der Waals surface area contributed by atoms with E-state index in [9.17, 15) is 4.79 Å². The molecule has 0 spiro atoms. The number of hydrazine groups is 1. The van der Waals surface area contributed by atoms with Gasteiger partial charge in [-0.1, -0.05) is 0 Å². The van der Waals surface area contributed by atoms with Crippen LogP contribution in [0.3, 0.4) is 0 Å². The Labute approximate surface area is 73.4 Å². The van der Waals surface area contributed by atoms with E-state index in [1.807, 2.05) is 13.8 Å². The molecule has 0 radical (unpaired) electrons. The van der Waals surface area contributed by atoms with E-state index >= 15 is 0 Å². The van der Waals surface area contributed by atoms with Gasteiger partial charge in [-0.15, -0.1) is 0 Å².